The number of carboxylic acid groups (broad SMARTS) is 1. The predicted octanol–water partition coefficient (Wildman–Crippen LogP) is 1.75. The maximum atomic E-state index is 12.5. The lowest BCUT2D eigenvalue weighted by molar-refractivity contribution is -0.141. The van der Waals surface area contributed by atoms with Crippen LogP contribution < -0.4 is 0 Å². The van der Waals surface area contributed by atoms with Gasteiger partial charge < -0.3 is 19.6 Å². The van der Waals surface area contributed by atoms with E-state index in [4.69, 9.17) is 9.84 Å². The number of amides is 2. The first-order valence-corrected chi connectivity index (χ1v) is 7.09. The van der Waals surface area contributed by atoms with Gasteiger partial charge in [-0.1, -0.05) is 20.8 Å². The van der Waals surface area contributed by atoms with E-state index in [-0.39, 0.29) is 12.6 Å². The molecule has 0 saturated carbocycles. The van der Waals surface area contributed by atoms with Crippen molar-refractivity contribution in [2.75, 3.05) is 39.9 Å². The average molecular weight is 288 g/mol. The van der Waals surface area contributed by atoms with Crippen LogP contribution in [-0.2, 0) is 9.53 Å². The Kier molecular flexibility index (Phi) is 8.96. The standard InChI is InChI=1S/C14H28N2O4/c1-6-15(10-12(4)13(17)18)14(19)16(7-8-20-5)9-11(2)3/h11-12H,6-10H2,1-5H3,(H,17,18). The number of methoxy groups -OCH3 is 1. The van der Waals surface area contributed by atoms with Gasteiger partial charge in [-0.05, 0) is 12.8 Å². The molecular formula is C14H28N2O4. The number of nitrogens with zero attached hydrogens (tertiary/aromatic N) is 2. The van der Waals surface area contributed by atoms with Gasteiger partial charge in [0.2, 0.25) is 0 Å². The van der Waals surface area contributed by atoms with Crippen molar-refractivity contribution in [3.05, 3.63) is 0 Å². The van der Waals surface area contributed by atoms with Crippen molar-refractivity contribution in [1.29, 1.82) is 0 Å². The highest BCUT2D eigenvalue weighted by Crippen LogP contribution is 2.07. The largest absolute Gasteiger partial charge is 0.481 e. The van der Waals surface area contributed by atoms with E-state index in [1.807, 2.05) is 20.8 Å². The van der Waals surface area contributed by atoms with E-state index in [0.717, 1.165) is 0 Å². The van der Waals surface area contributed by atoms with Gasteiger partial charge in [-0.2, -0.15) is 0 Å². The van der Waals surface area contributed by atoms with Crippen LogP contribution in [0.4, 0.5) is 4.79 Å². The molecule has 0 fully saturated rings. The molecule has 0 aromatic carbocycles. The number of rotatable bonds is 9. The summed E-state index contributed by atoms with van der Waals surface area (Å²) in [7, 11) is 1.60. The number of ether oxygens (including phenoxy) is 1. The third kappa shape index (κ3) is 6.75. The van der Waals surface area contributed by atoms with E-state index in [1.54, 1.807) is 23.8 Å². The summed E-state index contributed by atoms with van der Waals surface area (Å²) in [4.78, 5) is 26.7. The molecule has 0 heterocycles. The molecule has 0 spiro atoms. The van der Waals surface area contributed by atoms with E-state index < -0.39 is 11.9 Å². The minimum atomic E-state index is -0.886. The Morgan fingerprint density at radius 1 is 1.15 bits per heavy atom. The summed E-state index contributed by atoms with van der Waals surface area (Å²) in [5, 5.41) is 8.96. The lowest BCUT2D eigenvalue weighted by Crippen LogP contribution is -2.47. The zero-order valence-corrected chi connectivity index (χ0v) is 13.3. The molecule has 20 heavy (non-hydrogen) atoms. The SMILES string of the molecule is CCN(CC(C)C(=O)O)C(=O)N(CCOC)CC(C)C. The smallest absolute Gasteiger partial charge is 0.320 e. The highest BCUT2D eigenvalue weighted by atomic mass is 16.5. The topological polar surface area (TPSA) is 70.1 Å². The summed E-state index contributed by atoms with van der Waals surface area (Å²) >= 11 is 0. The van der Waals surface area contributed by atoms with Crippen molar-refractivity contribution in [1.82, 2.24) is 9.80 Å². The highest BCUT2D eigenvalue weighted by molar-refractivity contribution is 5.76. The van der Waals surface area contributed by atoms with Gasteiger partial charge in [0.1, 0.15) is 0 Å². The molecule has 0 aliphatic rings. The molecule has 0 bridgehead atoms. The molecule has 0 aliphatic carbocycles. The van der Waals surface area contributed by atoms with Crippen LogP contribution in [0, 0.1) is 11.8 Å². The van der Waals surface area contributed by atoms with Crippen LogP contribution in [0.3, 0.4) is 0 Å². The maximum absolute atomic E-state index is 12.5. The predicted molar refractivity (Wildman–Crippen MR) is 77.7 cm³/mol. The summed E-state index contributed by atoms with van der Waals surface area (Å²) < 4.78 is 5.03. The lowest BCUT2D eigenvalue weighted by Gasteiger charge is -2.31. The molecular weight excluding hydrogens is 260 g/mol. The first-order chi connectivity index (χ1) is 9.33. The Hall–Kier alpha value is -1.30. The second kappa shape index (κ2) is 9.58. The molecule has 0 aromatic heterocycles. The molecule has 118 valence electrons. The second-order valence-electron chi connectivity index (χ2n) is 5.39. The quantitative estimate of drug-likeness (QED) is 0.702. The molecule has 0 aliphatic heterocycles. The first kappa shape index (κ1) is 18.7. The van der Waals surface area contributed by atoms with E-state index in [9.17, 15) is 9.59 Å². The van der Waals surface area contributed by atoms with Crippen LogP contribution in [0.1, 0.15) is 27.7 Å². The molecule has 6 nitrogen and oxygen atoms in total. The number of hydrogen-bond donors (Lipinski definition) is 1. The highest BCUT2D eigenvalue weighted by Gasteiger charge is 2.24. The minimum absolute atomic E-state index is 0.119. The van der Waals surface area contributed by atoms with Gasteiger partial charge in [0.25, 0.3) is 0 Å². The van der Waals surface area contributed by atoms with Crippen molar-refractivity contribution >= 4 is 12.0 Å². The van der Waals surface area contributed by atoms with Crippen LogP contribution in [0.25, 0.3) is 0 Å². The molecule has 1 N–H and O–H groups in total. The molecule has 0 rings (SSSR count). The van der Waals surface area contributed by atoms with Crippen molar-refractivity contribution < 1.29 is 19.4 Å². The molecule has 0 aromatic rings. The van der Waals surface area contributed by atoms with Crippen LogP contribution in [0.5, 0.6) is 0 Å². The third-order valence-electron chi connectivity index (χ3n) is 2.99. The van der Waals surface area contributed by atoms with E-state index in [2.05, 4.69) is 0 Å². The lowest BCUT2D eigenvalue weighted by atomic mass is 10.1. The monoisotopic (exact) mass is 288 g/mol. The maximum Gasteiger partial charge on any atom is 0.320 e. The number of carbonyl (C=O) groups excluding carboxylic acids is 1. The molecule has 1 atom stereocenters. The summed E-state index contributed by atoms with van der Waals surface area (Å²) in [6.45, 7) is 9.92. The Balaban J connectivity index is 4.74. The Labute approximate surface area is 121 Å². The fourth-order valence-corrected chi connectivity index (χ4v) is 1.86. The molecule has 0 saturated heterocycles. The molecule has 1 unspecified atom stereocenters. The van der Waals surface area contributed by atoms with Crippen molar-refractivity contribution in [2.24, 2.45) is 11.8 Å². The average Bonchev–Trinajstić information content (AvgIpc) is 2.39. The van der Waals surface area contributed by atoms with Gasteiger partial charge in [0, 0.05) is 33.3 Å². The second-order valence-corrected chi connectivity index (χ2v) is 5.39. The zero-order chi connectivity index (χ0) is 15.7. The molecule has 2 amide bonds. The summed E-state index contributed by atoms with van der Waals surface area (Å²) in [6.07, 6.45) is 0. The van der Waals surface area contributed by atoms with Crippen molar-refractivity contribution in [2.45, 2.75) is 27.7 Å². The van der Waals surface area contributed by atoms with Crippen LogP contribution >= 0.6 is 0 Å². The van der Waals surface area contributed by atoms with Crippen molar-refractivity contribution in [3.63, 3.8) is 0 Å². The Morgan fingerprint density at radius 2 is 1.75 bits per heavy atom. The fraction of sp³-hybridized carbons (Fsp3) is 0.857. The van der Waals surface area contributed by atoms with Crippen LogP contribution in [-0.4, -0.2) is 66.8 Å². The van der Waals surface area contributed by atoms with Crippen LogP contribution in [0.15, 0.2) is 0 Å². The summed E-state index contributed by atoms with van der Waals surface area (Å²) in [6, 6.07) is -0.119. The Morgan fingerprint density at radius 3 is 2.15 bits per heavy atom. The fourth-order valence-electron chi connectivity index (χ4n) is 1.86. The summed E-state index contributed by atoms with van der Waals surface area (Å²) in [5.41, 5.74) is 0. The Bertz CT molecular complexity index is 308. The zero-order valence-electron chi connectivity index (χ0n) is 13.3. The number of carbonyl (C=O) groups is 2. The van der Waals surface area contributed by atoms with E-state index >= 15 is 0 Å². The van der Waals surface area contributed by atoms with Crippen LogP contribution in [0.2, 0.25) is 0 Å². The summed E-state index contributed by atoms with van der Waals surface area (Å²) in [5.74, 6) is -1.10. The minimum Gasteiger partial charge on any atom is -0.481 e. The number of carboxylic acids is 1. The first-order valence-electron chi connectivity index (χ1n) is 7.09. The van der Waals surface area contributed by atoms with Gasteiger partial charge in [-0.25, -0.2) is 4.79 Å². The molecule has 6 heteroatoms. The van der Waals surface area contributed by atoms with Gasteiger partial charge >= 0.3 is 12.0 Å². The van der Waals surface area contributed by atoms with E-state index in [1.165, 1.54) is 0 Å². The number of aliphatic carboxylic acids is 1. The van der Waals surface area contributed by atoms with Gasteiger partial charge in [-0.15, -0.1) is 0 Å². The van der Waals surface area contributed by atoms with Gasteiger partial charge in [0.05, 0.1) is 12.5 Å². The third-order valence-corrected chi connectivity index (χ3v) is 2.99. The number of hydrogen-bond acceptors (Lipinski definition) is 3. The van der Waals surface area contributed by atoms with Gasteiger partial charge in [0.15, 0.2) is 0 Å². The van der Waals surface area contributed by atoms with Gasteiger partial charge in [-0.3, -0.25) is 4.79 Å². The molecule has 0 radical (unpaired) electrons. The number of urea groups is 1. The van der Waals surface area contributed by atoms with E-state index in [0.29, 0.717) is 32.2 Å². The normalized spacial score (nSPS) is 12.3. The van der Waals surface area contributed by atoms with Crippen molar-refractivity contribution in [3.8, 4) is 0 Å².